The lowest BCUT2D eigenvalue weighted by molar-refractivity contribution is -0.122. The summed E-state index contributed by atoms with van der Waals surface area (Å²) >= 11 is 3.76. The molecule has 0 spiro atoms. The van der Waals surface area contributed by atoms with Crippen LogP contribution in [0.5, 0.6) is 0 Å². The zero-order chi connectivity index (χ0) is 19.5. The Hall–Kier alpha value is -1.53. The number of anilines is 1. The predicted octanol–water partition coefficient (Wildman–Crippen LogP) is 5.30. The van der Waals surface area contributed by atoms with E-state index in [0.29, 0.717) is 18.0 Å². The number of aromatic nitrogens is 1. The van der Waals surface area contributed by atoms with E-state index in [1.165, 1.54) is 33.9 Å². The van der Waals surface area contributed by atoms with Gasteiger partial charge in [-0.05, 0) is 57.9 Å². The van der Waals surface area contributed by atoms with E-state index in [-0.39, 0.29) is 0 Å². The Morgan fingerprint density at radius 1 is 1.25 bits per heavy atom. The van der Waals surface area contributed by atoms with E-state index in [1.807, 2.05) is 28.0 Å². The van der Waals surface area contributed by atoms with Crippen molar-refractivity contribution in [1.29, 1.82) is 0 Å². The van der Waals surface area contributed by atoms with Gasteiger partial charge in [0, 0.05) is 39.7 Å². The number of aryl methyl sites for hydroxylation is 1. The molecule has 4 nitrogen and oxygen atoms in total. The Bertz CT molecular complexity index is 812. The van der Waals surface area contributed by atoms with Crippen molar-refractivity contribution in [3.05, 3.63) is 29.1 Å². The molecular weight excluding hydrogens is 386 g/mol. The van der Waals surface area contributed by atoms with Crippen molar-refractivity contribution >= 4 is 34.6 Å². The predicted molar refractivity (Wildman–Crippen MR) is 119 cm³/mol. The quantitative estimate of drug-likeness (QED) is 0.651. The molecule has 2 aromatic rings. The van der Waals surface area contributed by atoms with Gasteiger partial charge in [-0.2, -0.15) is 0 Å². The number of carbonyl (C=O) groups excluding carboxylic acids is 1. The first-order valence-corrected chi connectivity index (χ1v) is 12.1. The van der Waals surface area contributed by atoms with Gasteiger partial charge < -0.3 is 10.2 Å². The molecule has 0 atom stereocenters. The smallest absolute Gasteiger partial charge is 0.210 e. The molecule has 28 heavy (non-hydrogen) atoms. The third-order valence-electron chi connectivity index (χ3n) is 5.92. The summed E-state index contributed by atoms with van der Waals surface area (Å²) in [6.07, 6.45) is 6.71. The molecule has 1 N–H and O–H groups in total. The second-order valence-electron chi connectivity index (χ2n) is 8.09. The maximum absolute atomic E-state index is 11.4. The van der Waals surface area contributed by atoms with Crippen molar-refractivity contribution in [1.82, 2.24) is 9.88 Å². The Kier molecular flexibility index (Phi) is 6.26. The summed E-state index contributed by atoms with van der Waals surface area (Å²) in [6, 6.07) is 9.34. The van der Waals surface area contributed by atoms with Crippen LogP contribution in [0.2, 0.25) is 0 Å². The van der Waals surface area contributed by atoms with E-state index in [1.54, 1.807) is 0 Å². The van der Waals surface area contributed by atoms with Gasteiger partial charge in [0.25, 0.3) is 0 Å². The van der Waals surface area contributed by atoms with Crippen LogP contribution in [0.3, 0.4) is 0 Å². The van der Waals surface area contributed by atoms with Crippen LogP contribution in [0.25, 0.3) is 11.3 Å². The number of fused-ring (bicyclic) bond motifs is 3. The number of carbonyl (C=O) groups is 1. The standard InChI is InChI=1S/C22H29N3OS2/c1-15(2)25(14-26)17-9-7-16(8-10-17)13-23-22-24-21-18-5-3-4-6-19(18)27-12-11-20(21)28-22/h3-6,14-17H,7-13H2,1-2H3,(H,23,24). The van der Waals surface area contributed by atoms with Crippen molar-refractivity contribution < 1.29 is 4.79 Å². The lowest BCUT2D eigenvalue weighted by Gasteiger charge is -2.37. The highest BCUT2D eigenvalue weighted by Crippen LogP contribution is 2.40. The van der Waals surface area contributed by atoms with Crippen LogP contribution in [0.15, 0.2) is 29.2 Å². The minimum absolute atomic E-state index is 0.295. The fourth-order valence-electron chi connectivity index (χ4n) is 4.36. The van der Waals surface area contributed by atoms with Crippen molar-refractivity contribution in [2.24, 2.45) is 5.92 Å². The maximum Gasteiger partial charge on any atom is 0.210 e. The van der Waals surface area contributed by atoms with Crippen LogP contribution in [0, 0.1) is 5.92 Å². The summed E-state index contributed by atoms with van der Waals surface area (Å²) in [5, 5.41) is 4.68. The molecule has 2 aliphatic rings. The molecule has 1 fully saturated rings. The molecule has 4 rings (SSSR count). The number of rotatable bonds is 6. The molecule has 1 aliphatic carbocycles. The molecule has 0 radical (unpaired) electrons. The van der Waals surface area contributed by atoms with Crippen molar-refractivity contribution in [3.63, 3.8) is 0 Å². The second kappa shape index (κ2) is 8.87. The molecule has 1 aliphatic heterocycles. The van der Waals surface area contributed by atoms with E-state index in [9.17, 15) is 4.79 Å². The summed E-state index contributed by atoms with van der Waals surface area (Å²) in [5.74, 6) is 1.79. The lowest BCUT2D eigenvalue weighted by atomic mass is 9.85. The molecule has 1 amide bonds. The van der Waals surface area contributed by atoms with Gasteiger partial charge in [0.05, 0.1) is 5.69 Å². The number of hydrogen-bond acceptors (Lipinski definition) is 5. The topological polar surface area (TPSA) is 45.2 Å². The van der Waals surface area contributed by atoms with E-state index in [4.69, 9.17) is 4.98 Å². The average Bonchev–Trinajstić information content (AvgIpc) is 3.03. The summed E-state index contributed by atoms with van der Waals surface area (Å²) < 4.78 is 0. The number of thioether (sulfide) groups is 1. The van der Waals surface area contributed by atoms with Gasteiger partial charge in [0.2, 0.25) is 6.41 Å². The minimum atomic E-state index is 0.295. The third-order valence-corrected chi connectivity index (χ3v) is 8.07. The minimum Gasteiger partial charge on any atom is -0.361 e. The molecule has 150 valence electrons. The van der Waals surface area contributed by atoms with Crippen molar-refractivity contribution in [3.8, 4) is 11.3 Å². The molecule has 0 bridgehead atoms. The van der Waals surface area contributed by atoms with Gasteiger partial charge in [-0.1, -0.05) is 18.2 Å². The largest absolute Gasteiger partial charge is 0.361 e. The summed E-state index contributed by atoms with van der Waals surface area (Å²) in [4.78, 5) is 21.1. The highest BCUT2D eigenvalue weighted by Gasteiger charge is 2.27. The van der Waals surface area contributed by atoms with Crippen molar-refractivity contribution in [2.75, 3.05) is 17.6 Å². The maximum atomic E-state index is 11.4. The van der Waals surface area contributed by atoms with Crippen LogP contribution in [-0.2, 0) is 11.2 Å². The number of thiazole rings is 1. The molecule has 2 heterocycles. The van der Waals surface area contributed by atoms with Gasteiger partial charge in [-0.25, -0.2) is 4.98 Å². The summed E-state index contributed by atoms with van der Waals surface area (Å²) in [7, 11) is 0. The first-order valence-electron chi connectivity index (χ1n) is 10.3. The molecule has 1 aromatic heterocycles. The summed E-state index contributed by atoms with van der Waals surface area (Å²) in [6.45, 7) is 5.19. The Labute approximate surface area is 176 Å². The van der Waals surface area contributed by atoms with Gasteiger partial charge in [0.1, 0.15) is 0 Å². The zero-order valence-electron chi connectivity index (χ0n) is 16.7. The Morgan fingerprint density at radius 2 is 2.04 bits per heavy atom. The van der Waals surface area contributed by atoms with Gasteiger partial charge >= 0.3 is 0 Å². The highest BCUT2D eigenvalue weighted by atomic mass is 32.2. The molecule has 1 saturated carbocycles. The van der Waals surface area contributed by atoms with E-state index >= 15 is 0 Å². The normalized spacial score (nSPS) is 21.5. The first-order chi connectivity index (χ1) is 13.7. The number of hydrogen-bond donors (Lipinski definition) is 1. The van der Waals surface area contributed by atoms with Gasteiger partial charge in [-0.3, -0.25) is 4.79 Å². The van der Waals surface area contributed by atoms with Crippen LogP contribution in [0.1, 0.15) is 44.4 Å². The monoisotopic (exact) mass is 415 g/mol. The van der Waals surface area contributed by atoms with Gasteiger partial charge in [-0.15, -0.1) is 23.1 Å². The highest BCUT2D eigenvalue weighted by molar-refractivity contribution is 7.99. The van der Waals surface area contributed by atoms with E-state index < -0.39 is 0 Å². The van der Waals surface area contributed by atoms with E-state index in [0.717, 1.165) is 43.1 Å². The van der Waals surface area contributed by atoms with Gasteiger partial charge in [0.15, 0.2) is 5.13 Å². The van der Waals surface area contributed by atoms with Crippen LogP contribution < -0.4 is 5.32 Å². The zero-order valence-corrected chi connectivity index (χ0v) is 18.3. The molecular formula is C22H29N3OS2. The van der Waals surface area contributed by atoms with Crippen molar-refractivity contribution in [2.45, 2.75) is 62.9 Å². The van der Waals surface area contributed by atoms with Crippen LogP contribution in [-0.4, -0.2) is 40.7 Å². The fraction of sp³-hybridized carbons (Fsp3) is 0.545. The first kappa shape index (κ1) is 19.8. The fourth-order valence-corrected chi connectivity index (χ4v) is 6.49. The van der Waals surface area contributed by atoms with Crippen LogP contribution >= 0.6 is 23.1 Å². The molecule has 0 unspecified atom stereocenters. The Morgan fingerprint density at radius 3 is 2.79 bits per heavy atom. The number of benzene rings is 1. The molecule has 6 heteroatoms. The SMILES string of the molecule is CC(C)N(C=O)C1CCC(CNc2nc3c(s2)CCSc2ccccc2-3)CC1. The number of amides is 1. The van der Waals surface area contributed by atoms with E-state index in [2.05, 4.69) is 43.4 Å². The lowest BCUT2D eigenvalue weighted by Crippen LogP contribution is -2.42. The number of nitrogens with one attached hydrogen (secondary N) is 1. The molecule has 0 saturated heterocycles. The average molecular weight is 416 g/mol. The van der Waals surface area contributed by atoms with Crippen LogP contribution in [0.4, 0.5) is 5.13 Å². The number of nitrogens with zero attached hydrogens (tertiary/aromatic N) is 2. The third kappa shape index (κ3) is 4.23. The Balaban J connectivity index is 1.36. The summed E-state index contributed by atoms with van der Waals surface area (Å²) in [5.41, 5.74) is 2.46. The second-order valence-corrected chi connectivity index (χ2v) is 10.3. The molecule has 1 aromatic carbocycles.